The van der Waals surface area contributed by atoms with Crippen molar-refractivity contribution in [1.82, 2.24) is 9.55 Å². The van der Waals surface area contributed by atoms with Crippen molar-refractivity contribution in [3.8, 4) is 0 Å². The third-order valence-corrected chi connectivity index (χ3v) is 6.06. The fraction of sp³-hybridized carbons (Fsp3) is 0.643. The number of rotatable bonds is 11. The molecular formula is C14H26N2O3Si. The average molecular weight is 298 g/mol. The Hall–Kier alpha value is -0.953. The smallest absolute Gasteiger partial charge is 0.374 e. The van der Waals surface area contributed by atoms with E-state index in [2.05, 4.69) is 11.6 Å². The van der Waals surface area contributed by atoms with Gasteiger partial charge in [-0.2, -0.15) is 0 Å². The molecule has 1 aromatic rings. The van der Waals surface area contributed by atoms with Gasteiger partial charge < -0.3 is 17.8 Å². The van der Waals surface area contributed by atoms with Crippen LogP contribution in [0.5, 0.6) is 0 Å². The number of hydrogen-bond donors (Lipinski definition) is 0. The Morgan fingerprint density at radius 2 is 1.75 bits per heavy atom. The summed E-state index contributed by atoms with van der Waals surface area (Å²) in [5.74, 6) is 0. The zero-order valence-corrected chi connectivity index (χ0v) is 13.8. The summed E-state index contributed by atoms with van der Waals surface area (Å²) in [6.45, 7) is 11.9. The highest BCUT2D eigenvalue weighted by Gasteiger charge is 2.39. The molecule has 114 valence electrons. The summed E-state index contributed by atoms with van der Waals surface area (Å²) in [5.41, 5.74) is 1.02. The molecule has 1 heterocycles. The van der Waals surface area contributed by atoms with Crippen molar-refractivity contribution in [2.45, 2.75) is 39.7 Å². The maximum Gasteiger partial charge on any atom is 0.500 e. The molecule has 0 saturated heterocycles. The molecule has 0 aliphatic carbocycles. The lowest BCUT2D eigenvalue weighted by molar-refractivity contribution is 0.0709. The molecule has 0 aliphatic rings. The Morgan fingerprint density at radius 3 is 2.20 bits per heavy atom. The van der Waals surface area contributed by atoms with Gasteiger partial charge >= 0.3 is 8.80 Å². The molecule has 0 saturated carbocycles. The van der Waals surface area contributed by atoms with E-state index < -0.39 is 8.80 Å². The summed E-state index contributed by atoms with van der Waals surface area (Å²) in [4.78, 5) is 4.03. The molecule has 0 aliphatic heterocycles. The zero-order valence-electron chi connectivity index (χ0n) is 12.8. The van der Waals surface area contributed by atoms with E-state index in [1.54, 1.807) is 12.5 Å². The molecule has 0 spiro atoms. The van der Waals surface area contributed by atoms with Gasteiger partial charge in [0.15, 0.2) is 0 Å². The summed E-state index contributed by atoms with van der Waals surface area (Å²) >= 11 is 0. The summed E-state index contributed by atoms with van der Waals surface area (Å²) in [7, 11) is -2.51. The molecule has 5 nitrogen and oxygen atoms in total. The average Bonchev–Trinajstić information content (AvgIpc) is 2.93. The number of hydrogen-bond acceptors (Lipinski definition) is 4. The molecule has 20 heavy (non-hydrogen) atoms. The van der Waals surface area contributed by atoms with Gasteiger partial charge in [0.2, 0.25) is 0 Å². The quantitative estimate of drug-likeness (QED) is 0.589. The van der Waals surface area contributed by atoms with Crippen LogP contribution in [0.3, 0.4) is 0 Å². The van der Waals surface area contributed by atoms with E-state index in [4.69, 9.17) is 13.3 Å². The third kappa shape index (κ3) is 5.20. The first-order chi connectivity index (χ1) is 9.67. The lowest BCUT2D eigenvalue weighted by Crippen LogP contribution is -2.45. The number of allylic oxidation sites excluding steroid dienone is 1. The van der Waals surface area contributed by atoms with Crippen LogP contribution in [0.1, 0.15) is 33.6 Å². The van der Waals surface area contributed by atoms with Gasteiger partial charge in [-0.3, -0.25) is 0 Å². The van der Waals surface area contributed by atoms with Gasteiger partial charge in [0.05, 0.1) is 6.33 Å². The van der Waals surface area contributed by atoms with Gasteiger partial charge in [-0.05, 0) is 33.6 Å². The minimum absolute atomic E-state index is 0.620. The lowest BCUT2D eigenvalue weighted by atomic mass is 10.3. The van der Waals surface area contributed by atoms with Crippen LogP contribution in [0.15, 0.2) is 25.3 Å². The van der Waals surface area contributed by atoms with E-state index in [0.29, 0.717) is 19.8 Å². The molecule has 6 heteroatoms. The van der Waals surface area contributed by atoms with Crippen molar-refractivity contribution in [2.24, 2.45) is 0 Å². The van der Waals surface area contributed by atoms with Gasteiger partial charge in [0.25, 0.3) is 0 Å². The largest absolute Gasteiger partial charge is 0.500 e. The van der Waals surface area contributed by atoms with Crippen LogP contribution >= 0.6 is 0 Å². The number of aromatic nitrogens is 2. The predicted octanol–water partition coefficient (Wildman–Crippen LogP) is 3.18. The minimum atomic E-state index is -2.51. The van der Waals surface area contributed by atoms with E-state index in [0.717, 1.165) is 24.6 Å². The highest BCUT2D eigenvalue weighted by molar-refractivity contribution is 6.60. The van der Waals surface area contributed by atoms with Crippen molar-refractivity contribution in [3.63, 3.8) is 0 Å². The Balaban J connectivity index is 2.50. The van der Waals surface area contributed by atoms with Gasteiger partial charge in [-0.1, -0.05) is 6.58 Å². The van der Waals surface area contributed by atoms with Crippen LogP contribution in [0.25, 0.3) is 5.70 Å². The Bertz CT molecular complexity index is 365. The molecule has 0 unspecified atom stereocenters. The first kappa shape index (κ1) is 17.1. The van der Waals surface area contributed by atoms with Gasteiger partial charge in [0.1, 0.15) is 0 Å². The monoisotopic (exact) mass is 298 g/mol. The van der Waals surface area contributed by atoms with Crippen LogP contribution in [0.2, 0.25) is 6.04 Å². The first-order valence-electron chi connectivity index (χ1n) is 7.25. The number of nitrogens with zero attached hydrogens (tertiary/aromatic N) is 2. The standard InChI is InChI=1S/C14H26N2O3Si/c1-5-17-20(18-6-2,19-7-3)12-8-9-14(4)16-11-10-15-13-16/h10-11,13H,4-9,12H2,1-3H3. The zero-order chi connectivity index (χ0) is 14.8. The molecule has 0 amide bonds. The molecule has 0 radical (unpaired) electrons. The highest BCUT2D eigenvalue weighted by atomic mass is 28.4. The molecule has 0 atom stereocenters. The summed E-state index contributed by atoms with van der Waals surface area (Å²) < 4.78 is 19.4. The molecule has 1 aromatic heterocycles. The van der Waals surface area contributed by atoms with Crippen molar-refractivity contribution in [3.05, 3.63) is 25.3 Å². The number of imidazole rings is 1. The van der Waals surface area contributed by atoms with E-state index in [9.17, 15) is 0 Å². The van der Waals surface area contributed by atoms with Gasteiger partial charge in [0, 0.05) is 44.0 Å². The van der Waals surface area contributed by atoms with E-state index >= 15 is 0 Å². The molecular weight excluding hydrogens is 272 g/mol. The third-order valence-electron chi connectivity index (χ3n) is 2.91. The SMILES string of the molecule is C=C(CCC[Si](OCC)(OCC)OCC)n1ccnc1. The van der Waals surface area contributed by atoms with Crippen molar-refractivity contribution >= 4 is 14.5 Å². The first-order valence-corrected chi connectivity index (χ1v) is 9.18. The van der Waals surface area contributed by atoms with E-state index in [-0.39, 0.29) is 0 Å². The molecule has 0 bridgehead atoms. The summed E-state index contributed by atoms with van der Waals surface area (Å²) in [5, 5.41) is 0. The van der Waals surface area contributed by atoms with Crippen molar-refractivity contribution in [2.75, 3.05) is 19.8 Å². The van der Waals surface area contributed by atoms with Crippen LogP contribution in [-0.4, -0.2) is 38.2 Å². The molecule has 0 N–H and O–H groups in total. The van der Waals surface area contributed by atoms with Crippen LogP contribution in [0, 0.1) is 0 Å². The predicted molar refractivity (Wildman–Crippen MR) is 82.2 cm³/mol. The van der Waals surface area contributed by atoms with Crippen molar-refractivity contribution in [1.29, 1.82) is 0 Å². The fourth-order valence-corrected chi connectivity index (χ4v) is 4.70. The normalized spacial score (nSPS) is 11.8. The van der Waals surface area contributed by atoms with Gasteiger partial charge in [-0.15, -0.1) is 0 Å². The highest BCUT2D eigenvalue weighted by Crippen LogP contribution is 2.21. The Labute approximate surface area is 122 Å². The van der Waals surface area contributed by atoms with E-state index in [1.807, 2.05) is 31.5 Å². The molecule has 0 aromatic carbocycles. The Morgan fingerprint density at radius 1 is 1.15 bits per heavy atom. The fourth-order valence-electron chi connectivity index (χ4n) is 2.09. The van der Waals surface area contributed by atoms with Crippen LogP contribution in [0.4, 0.5) is 0 Å². The van der Waals surface area contributed by atoms with Crippen molar-refractivity contribution < 1.29 is 13.3 Å². The summed E-state index contributed by atoms with van der Waals surface area (Å²) in [6.07, 6.45) is 7.23. The minimum Gasteiger partial charge on any atom is -0.374 e. The lowest BCUT2D eigenvalue weighted by Gasteiger charge is -2.28. The van der Waals surface area contributed by atoms with E-state index in [1.165, 1.54) is 0 Å². The van der Waals surface area contributed by atoms with Crippen LogP contribution < -0.4 is 0 Å². The summed E-state index contributed by atoms with van der Waals surface area (Å²) in [6, 6.07) is 0.816. The second kappa shape index (κ2) is 9.07. The molecule has 1 rings (SSSR count). The Kier molecular flexibility index (Phi) is 7.75. The molecule has 0 fully saturated rings. The maximum absolute atomic E-state index is 5.83. The van der Waals surface area contributed by atoms with Crippen LogP contribution in [-0.2, 0) is 13.3 Å². The van der Waals surface area contributed by atoms with Gasteiger partial charge in [-0.25, -0.2) is 4.98 Å². The maximum atomic E-state index is 5.83. The topological polar surface area (TPSA) is 45.5 Å². The second-order valence-electron chi connectivity index (χ2n) is 4.37. The second-order valence-corrected chi connectivity index (χ2v) is 7.10.